The zero-order valence-electron chi connectivity index (χ0n) is 11.6. The molecule has 0 bridgehead atoms. The van der Waals surface area contributed by atoms with E-state index in [0.29, 0.717) is 19.3 Å². The zero-order valence-corrected chi connectivity index (χ0v) is 11.6. The van der Waals surface area contributed by atoms with E-state index in [4.69, 9.17) is 11.5 Å². The Morgan fingerprint density at radius 1 is 1.10 bits per heavy atom. The van der Waals surface area contributed by atoms with Gasteiger partial charge in [0.2, 0.25) is 0 Å². The number of hydrogen-bond donors (Lipinski definition) is 2. The van der Waals surface area contributed by atoms with Crippen LogP contribution in [0.4, 0.5) is 0 Å². The molecule has 21 heavy (non-hydrogen) atoms. The highest BCUT2D eigenvalue weighted by Crippen LogP contribution is 2.04. The third kappa shape index (κ3) is 15.1. The number of unbranched alkanes of at least 4 members (excludes halogenated alkanes) is 1. The molecule has 0 saturated carbocycles. The first kappa shape index (κ1) is 18.1. The van der Waals surface area contributed by atoms with Crippen molar-refractivity contribution in [3.63, 3.8) is 0 Å². The number of aliphatic carboxylic acids is 1. The van der Waals surface area contributed by atoms with Crippen LogP contribution in [-0.2, 0) is 4.79 Å². The molecule has 0 rings (SSSR count). The molecule has 1 unspecified atom stereocenters. The molecule has 0 saturated heterocycles. The van der Waals surface area contributed by atoms with Gasteiger partial charge >= 0.3 is 5.97 Å². The summed E-state index contributed by atoms with van der Waals surface area (Å²) in [4.78, 5) is 10.3. The topological polar surface area (TPSA) is 57.5 Å². The van der Waals surface area contributed by atoms with E-state index < -0.39 is 12.1 Å². The van der Waals surface area contributed by atoms with E-state index in [0.717, 1.165) is 0 Å². The zero-order chi connectivity index (χ0) is 15.8. The van der Waals surface area contributed by atoms with Gasteiger partial charge in [0.1, 0.15) is 0 Å². The van der Waals surface area contributed by atoms with E-state index in [2.05, 4.69) is 41.4 Å². The van der Waals surface area contributed by atoms with Crippen LogP contribution in [-0.4, -0.2) is 22.3 Å². The van der Waals surface area contributed by atoms with Crippen molar-refractivity contribution in [1.82, 2.24) is 0 Å². The summed E-state index contributed by atoms with van der Waals surface area (Å²) in [5, 5.41) is 18.0. The van der Waals surface area contributed by atoms with Crippen LogP contribution < -0.4 is 0 Å². The fourth-order valence-electron chi connectivity index (χ4n) is 1.23. The molecule has 0 aliphatic carbocycles. The molecule has 0 aromatic rings. The van der Waals surface area contributed by atoms with Crippen molar-refractivity contribution in [3.8, 4) is 47.9 Å². The second-order valence-corrected chi connectivity index (χ2v) is 3.86. The Balaban J connectivity index is 3.90. The van der Waals surface area contributed by atoms with E-state index in [1.807, 2.05) is 0 Å². The van der Waals surface area contributed by atoms with Crippen molar-refractivity contribution in [3.05, 3.63) is 24.3 Å². The molecule has 3 heteroatoms. The first-order valence-corrected chi connectivity index (χ1v) is 6.36. The van der Waals surface area contributed by atoms with Gasteiger partial charge in [0.05, 0.1) is 6.10 Å². The maximum absolute atomic E-state index is 10.3. The summed E-state index contributed by atoms with van der Waals surface area (Å²) in [5.74, 6) is 16.3. The highest BCUT2D eigenvalue weighted by molar-refractivity contribution is 5.66. The van der Waals surface area contributed by atoms with Crippen LogP contribution in [0.25, 0.3) is 0 Å². The molecule has 0 amide bonds. The smallest absolute Gasteiger partial charge is 0.303 e. The number of carboxylic acid groups (broad SMARTS) is 1. The SMILES string of the molecule is C#CC#CC#CC#C/C=C\C=C\C(O)CCCCC(=O)O. The van der Waals surface area contributed by atoms with Crippen LogP contribution in [0, 0.1) is 47.9 Å². The van der Waals surface area contributed by atoms with E-state index in [1.54, 1.807) is 24.3 Å². The van der Waals surface area contributed by atoms with Gasteiger partial charge in [-0.1, -0.05) is 24.1 Å². The van der Waals surface area contributed by atoms with Gasteiger partial charge in [-0.15, -0.1) is 6.42 Å². The number of aliphatic hydroxyl groups excluding tert-OH is 1. The lowest BCUT2D eigenvalue weighted by Gasteiger charge is -2.03. The molecular weight excluding hydrogens is 264 g/mol. The summed E-state index contributed by atoms with van der Waals surface area (Å²) < 4.78 is 0. The number of allylic oxidation sites excluding steroid dienone is 3. The summed E-state index contributed by atoms with van der Waals surface area (Å²) in [6.45, 7) is 0. The quantitative estimate of drug-likeness (QED) is 0.424. The number of aliphatic hydroxyl groups is 1. The molecule has 1 atom stereocenters. The molecule has 0 heterocycles. The predicted octanol–water partition coefficient (Wildman–Crippen LogP) is 1.75. The third-order valence-corrected chi connectivity index (χ3v) is 2.16. The maximum Gasteiger partial charge on any atom is 0.303 e. The van der Waals surface area contributed by atoms with Gasteiger partial charge in [-0.3, -0.25) is 4.79 Å². The first-order chi connectivity index (χ1) is 10.2. The monoisotopic (exact) mass is 280 g/mol. The maximum atomic E-state index is 10.3. The summed E-state index contributed by atoms with van der Waals surface area (Å²) in [7, 11) is 0. The van der Waals surface area contributed by atoms with Crippen molar-refractivity contribution < 1.29 is 15.0 Å². The van der Waals surface area contributed by atoms with Crippen LogP contribution in [0.15, 0.2) is 24.3 Å². The van der Waals surface area contributed by atoms with Crippen molar-refractivity contribution in [1.29, 1.82) is 0 Å². The van der Waals surface area contributed by atoms with Crippen LogP contribution in [0.1, 0.15) is 25.7 Å². The number of carboxylic acids is 1. The Bertz CT molecular complexity index is 599. The second kappa shape index (κ2) is 13.6. The number of hydrogen-bond acceptors (Lipinski definition) is 2. The second-order valence-electron chi connectivity index (χ2n) is 3.86. The fraction of sp³-hybridized carbons (Fsp3) is 0.278. The molecule has 106 valence electrons. The summed E-state index contributed by atoms with van der Waals surface area (Å²) in [6, 6.07) is 0. The molecule has 0 aromatic heterocycles. The Morgan fingerprint density at radius 3 is 2.52 bits per heavy atom. The van der Waals surface area contributed by atoms with Crippen LogP contribution >= 0.6 is 0 Å². The average Bonchev–Trinajstić information content (AvgIpc) is 2.45. The number of rotatable bonds is 7. The minimum Gasteiger partial charge on any atom is -0.481 e. The van der Waals surface area contributed by atoms with Gasteiger partial charge in [-0.05, 0) is 60.9 Å². The molecule has 0 radical (unpaired) electrons. The van der Waals surface area contributed by atoms with E-state index in [9.17, 15) is 9.90 Å². The van der Waals surface area contributed by atoms with Crippen LogP contribution in [0.3, 0.4) is 0 Å². The Morgan fingerprint density at radius 2 is 1.81 bits per heavy atom. The highest BCUT2D eigenvalue weighted by atomic mass is 16.4. The van der Waals surface area contributed by atoms with Gasteiger partial charge in [0.25, 0.3) is 0 Å². The molecule has 3 nitrogen and oxygen atoms in total. The molecule has 0 spiro atoms. The first-order valence-electron chi connectivity index (χ1n) is 6.36. The lowest BCUT2D eigenvalue weighted by atomic mass is 10.1. The predicted molar refractivity (Wildman–Crippen MR) is 82.6 cm³/mol. The molecule has 0 aliphatic rings. The third-order valence-electron chi connectivity index (χ3n) is 2.16. The summed E-state index contributed by atoms with van der Waals surface area (Å²) in [6.07, 6.45) is 12.9. The van der Waals surface area contributed by atoms with Crippen molar-refractivity contribution in [2.24, 2.45) is 0 Å². The molecule has 0 fully saturated rings. The average molecular weight is 280 g/mol. The van der Waals surface area contributed by atoms with E-state index in [1.165, 1.54) is 0 Å². The van der Waals surface area contributed by atoms with E-state index in [-0.39, 0.29) is 6.42 Å². The molecular formula is C18H16O3. The minimum absolute atomic E-state index is 0.138. The molecule has 2 N–H and O–H groups in total. The van der Waals surface area contributed by atoms with Crippen molar-refractivity contribution in [2.75, 3.05) is 0 Å². The van der Waals surface area contributed by atoms with Gasteiger partial charge in [-0.25, -0.2) is 0 Å². The Hall–Kier alpha value is -2.85. The lowest BCUT2D eigenvalue weighted by molar-refractivity contribution is -0.137. The van der Waals surface area contributed by atoms with E-state index >= 15 is 0 Å². The summed E-state index contributed by atoms with van der Waals surface area (Å²) >= 11 is 0. The van der Waals surface area contributed by atoms with Gasteiger partial charge in [0, 0.05) is 6.42 Å². The standard InChI is InChI=1S/C18H16O3/c1-2-3-4-5-6-7-8-9-10-11-14-17(19)15-12-13-16-18(20)21/h1,9-11,14,17,19H,12-13,15-16H2,(H,20,21)/b10-9-,14-11+. The van der Waals surface area contributed by atoms with Gasteiger partial charge in [0.15, 0.2) is 0 Å². The number of carbonyl (C=O) groups is 1. The van der Waals surface area contributed by atoms with Crippen LogP contribution in [0.2, 0.25) is 0 Å². The molecule has 0 aromatic carbocycles. The van der Waals surface area contributed by atoms with Crippen molar-refractivity contribution >= 4 is 5.97 Å². The normalized spacial score (nSPS) is 10.5. The summed E-state index contributed by atoms with van der Waals surface area (Å²) in [5.41, 5.74) is 0. The minimum atomic E-state index is -0.810. The largest absolute Gasteiger partial charge is 0.481 e. The van der Waals surface area contributed by atoms with Crippen molar-refractivity contribution in [2.45, 2.75) is 31.8 Å². The Kier molecular flexibility index (Phi) is 11.7. The molecule has 0 aliphatic heterocycles. The highest BCUT2D eigenvalue weighted by Gasteiger charge is 2.00. The van der Waals surface area contributed by atoms with Gasteiger partial charge in [-0.2, -0.15) is 0 Å². The number of terminal acetylenes is 1. The van der Waals surface area contributed by atoms with Crippen LogP contribution in [0.5, 0.6) is 0 Å². The van der Waals surface area contributed by atoms with Gasteiger partial charge < -0.3 is 10.2 Å². The Labute approximate surface area is 125 Å². The lowest BCUT2D eigenvalue weighted by Crippen LogP contribution is -2.02. The fourth-order valence-corrected chi connectivity index (χ4v) is 1.23.